The van der Waals surface area contributed by atoms with Crippen molar-refractivity contribution in [1.82, 2.24) is 15.0 Å². The first-order valence-electron chi connectivity index (χ1n) is 6.28. The molecular formula is C13H14ClN3O3. The largest absolute Gasteiger partial charge is 0.467 e. The van der Waals surface area contributed by atoms with Crippen molar-refractivity contribution in [1.29, 1.82) is 0 Å². The van der Waals surface area contributed by atoms with Gasteiger partial charge in [-0.05, 0) is 12.1 Å². The van der Waals surface area contributed by atoms with Crippen LogP contribution in [0.25, 0.3) is 0 Å². The van der Waals surface area contributed by atoms with Gasteiger partial charge in [-0.1, -0.05) is 16.8 Å². The zero-order chi connectivity index (χ0) is 13.9. The molecule has 0 saturated carbocycles. The summed E-state index contributed by atoms with van der Waals surface area (Å²) in [5.41, 5.74) is 2.64. The molecule has 2 heterocycles. The zero-order valence-electron chi connectivity index (χ0n) is 10.8. The minimum Gasteiger partial charge on any atom is -0.467 e. The molecule has 0 unspecified atom stereocenters. The van der Waals surface area contributed by atoms with Gasteiger partial charge < -0.3 is 14.6 Å². The van der Waals surface area contributed by atoms with Gasteiger partial charge in [-0.2, -0.15) is 0 Å². The summed E-state index contributed by atoms with van der Waals surface area (Å²) in [7, 11) is 0. The third kappa shape index (κ3) is 2.77. The molecule has 0 saturated heterocycles. The quantitative estimate of drug-likeness (QED) is 0.923. The third-order valence-corrected chi connectivity index (χ3v) is 3.26. The number of benzene rings is 1. The maximum absolute atomic E-state index is 8.88. The van der Waals surface area contributed by atoms with Gasteiger partial charge in [0.1, 0.15) is 5.75 Å². The molecule has 20 heavy (non-hydrogen) atoms. The standard InChI is InChI=1S/C13H14ClN3O3/c14-11-3-9(13-10(4-11)7-19-8-20-13)5-17-6-12(1-2-18)15-16-17/h3-4,6,18H,1-2,5,7-8H2. The Hall–Kier alpha value is -1.63. The predicted octanol–water partition coefficient (Wildman–Crippen LogP) is 1.38. The van der Waals surface area contributed by atoms with E-state index in [-0.39, 0.29) is 13.4 Å². The fourth-order valence-corrected chi connectivity index (χ4v) is 2.46. The highest BCUT2D eigenvalue weighted by Gasteiger charge is 2.17. The highest BCUT2D eigenvalue weighted by molar-refractivity contribution is 6.30. The van der Waals surface area contributed by atoms with Crippen LogP contribution in [0.3, 0.4) is 0 Å². The summed E-state index contributed by atoms with van der Waals surface area (Å²) < 4.78 is 12.5. The number of ether oxygens (including phenoxy) is 2. The molecule has 0 bridgehead atoms. The second-order valence-electron chi connectivity index (χ2n) is 4.54. The molecule has 0 amide bonds. The lowest BCUT2D eigenvalue weighted by molar-refractivity contribution is -0.0171. The Labute approximate surface area is 120 Å². The van der Waals surface area contributed by atoms with Crippen LogP contribution >= 0.6 is 11.6 Å². The van der Waals surface area contributed by atoms with Crippen LogP contribution in [0.5, 0.6) is 5.75 Å². The van der Waals surface area contributed by atoms with Crippen molar-refractivity contribution in [2.24, 2.45) is 0 Å². The summed E-state index contributed by atoms with van der Waals surface area (Å²) in [5, 5.41) is 17.6. The van der Waals surface area contributed by atoms with Crippen LogP contribution in [0.15, 0.2) is 18.3 Å². The van der Waals surface area contributed by atoms with Gasteiger partial charge in [0.15, 0.2) is 6.79 Å². The second kappa shape index (κ2) is 5.78. The van der Waals surface area contributed by atoms with E-state index in [0.29, 0.717) is 24.6 Å². The average molecular weight is 296 g/mol. The number of aliphatic hydroxyl groups is 1. The molecule has 0 atom stereocenters. The van der Waals surface area contributed by atoms with Crippen molar-refractivity contribution < 1.29 is 14.6 Å². The Balaban J connectivity index is 1.87. The fraction of sp³-hybridized carbons (Fsp3) is 0.385. The molecule has 1 aliphatic rings. The average Bonchev–Trinajstić information content (AvgIpc) is 2.86. The van der Waals surface area contributed by atoms with Crippen LogP contribution in [0.1, 0.15) is 16.8 Å². The Morgan fingerprint density at radius 2 is 2.30 bits per heavy atom. The van der Waals surface area contributed by atoms with Gasteiger partial charge in [-0.25, -0.2) is 4.68 Å². The second-order valence-corrected chi connectivity index (χ2v) is 4.98. The highest BCUT2D eigenvalue weighted by atomic mass is 35.5. The van der Waals surface area contributed by atoms with Crippen LogP contribution in [0.2, 0.25) is 5.02 Å². The van der Waals surface area contributed by atoms with Gasteiger partial charge in [-0.15, -0.1) is 5.10 Å². The number of fused-ring (bicyclic) bond motifs is 1. The van der Waals surface area contributed by atoms with Crippen LogP contribution in [0.4, 0.5) is 0 Å². The van der Waals surface area contributed by atoms with Crippen molar-refractivity contribution in [3.05, 3.63) is 40.2 Å². The van der Waals surface area contributed by atoms with Crippen molar-refractivity contribution >= 4 is 11.6 Å². The number of hydrogen-bond acceptors (Lipinski definition) is 5. The van der Waals surface area contributed by atoms with Crippen molar-refractivity contribution in [3.8, 4) is 5.75 Å². The molecule has 2 aromatic rings. The van der Waals surface area contributed by atoms with Crippen LogP contribution in [0, 0.1) is 0 Å². The van der Waals surface area contributed by atoms with E-state index in [1.54, 1.807) is 4.68 Å². The topological polar surface area (TPSA) is 69.4 Å². The smallest absolute Gasteiger partial charge is 0.189 e. The third-order valence-electron chi connectivity index (χ3n) is 3.04. The Morgan fingerprint density at radius 3 is 3.15 bits per heavy atom. The van der Waals surface area contributed by atoms with Crippen LogP contribution < -0.4 is 4.74 Å². The molecule has 0 aliphatic carbocycles. The highest BCUT2D eigenvalue weighted by Crippen LogP contribution is 2.32. The number of nitrogens with zero attached hydrogens (tertiary/aromatic N) is 3. The van der Waals surface area contributed by atoms with Gasteiger partial charge in [0.25, 0.3) is 0 Å². The molecule has 6 nitrogen and oxygen atoms in total. The van der Waals surface area contributed by atoms with Crippen molar-refractivity contribution in [2.45, 2.75) is 19.6 Å². The Bertz CT molecular complexity index is 615. The fourth-order valence-electron chi connectivity index (χ4n) is 2.19. The molecule has 7 heteroatoms. The van der Waals surface area contributed by atoms with Gasteiger partial charge in [0.2, 0.25) is 0 Å². The summed E-state index contributed by atoms with van der Waals surface area (Å²) in [4.78, 5) is 0. The molecule has 3 rings (SSSR count). The lowest BCUT2D eigenvalue weighted by Crippen LogP contribution is -2.14. The molecular weight excluding hydrogens is 282 g/mol. The van der Waals surface area contributed by atoms with E-state index >= 15 is 0 Å². The number of rotatable bonds is 4. The van der Waals surface area contributed by atoms with Gasteiger partial charge in [0.05, 0.1) is 18.8 Å². The normalized spacial score (nSPS) is 13.9. The van der Waals surface area contributed by atoms with E-state index in [1.807, 2.05) is 18.3 Å². The van der Waals surface area contributed by atoms with E-state index in [0.717, 1.165) is 22.6 Å². The van der Waals surface area contributed by atoms with E-state index in [4.69, 9.17) is 26.2 Å². The number of halogens is 1. The van der Waals surface area contributed by atoms with E-state index < -0.39 is 0 Å². The predicted molar refractivity (Wildman–Crippen MR) is 71.6 cm³/mol. The summed E-state index contributed by atoms with van der Waals surface area (Å²) in [6, 6.07) is 3.71. The van der Waals surface area contributed by atoms with E-state index in [2.05, 4.69) is 10.3 Å². The molecule has 0 spiro atoms. The molecule has 1 aromatic heterocycles. The Kier molecular flexibility index (Phi) is 3.86. The number of aliphatic hydroxyl groups excluding tert-OH is 1. The van der Waals surface area contributed by atoms with Crippen LogP contribution in [-0.4, -0.2) is 33.5 Å². The number of aromatic nitrogens is 3. The molecule has 1 N–H and O–H groups in total. The number of hydrogen-bond donors (Lipinski definition) is 1. The maximum Gasteiger partial charge on any atom is 0.189 e. The summed E-state index contributed by atoms with van der Waals surface area (Å²) in [5.74, 6) is 0.805. The molecule has 1 aromatic carbocycles. The van der Waals surface area contributed by atoms with E-state index in [1.165, 1.54) is 0 Å². The van der Waals surface area contributed by atoms with Gasteiger partial charge >= 0.3 is 0 Å². The lowest BCUT2D eigenvalue weighted by Gasteiger charge is -2.21. The minimum atomic E-state index is 0.0612. The lowest BCUT2D eigenvalue weighted by atomic mass is 10.1. The first-order chi connectivity index (χ1) is 9.76. The molecule has 1 aliphatic heterocycles. The molecule has 0 fully saturated rings. The van der Waals surface area contributed by atoms with E-state index in [9.17, 15) is 0 Å². The van der Waals surface area contributed by atoms with Gasteiger partial charge in [-0.3, -0.25) is 0 Å². The molecule has 106 valence electrons. The van der Waals surface area contributed by atoms with Crippen molar-refractivity contribution in [2.75, 3.05) is 13.4 Å². The van der Waals surface area contributed by atoms with Gasteiger partial charge in [0, 0.05) is 35.4 Å². The first kappa shape index (κ1) is 13.4. The summed E-state index contributed by atoms with van der Waals surface area (Å²) >= 11 is 6.11. The maximum atomic E-state index is 8.88. The first-order valence-corrected chi connectivity index (χ1v) is 6.66. The van der Waals surface area contributed by atoms with Crippen molar-refractivity contribution in [3.63, 3.8) is 0 Å². The zero-order valence-corrected chi connectivity index (χ0v) is 11.5. The summed E-state index contributed by atoms with van der Waals surface area (Å²) in [6.07, 6.45) is 2.31. The molecule has 0 radical (unpaired) electrons. The monoisotopic (exact) mass is 295 g/mol. The SMILES string of the molecule is OCCc1cn(Cc2cc(Cl)cc3c2OCOC3)nn1. The minimum absolute atomic E-state index is 0.0612. The summed E-state index contributed by atoms with van der Waals surface area (Å²) in [6.45, 7) is 1.32. The van der Waals surface area contributed by atoms with Crippen LogP contribution in [-0.2, 0) is 24.3 Å². The Morgan fingerprint density at radius 1 is 1.40 bits per heavy atom.